The normalized spacial score (nSPS) is 23.4. The van der Waals surface area contributed by atoms with Crippen molar-refractivity contribution in [1.82, 2.24) is 5.43 Å². The third-order valence-electron chi connectivity index (χ3n) is 3.49. The molecule has 0 aromatic heterocycles. The Hall–Kier alpha value is -0.500. The van der Waals surface area contributed by atoms with Gasteiger partial charge in [-0.1, -0.05) is 6.07 Å². The summed E-state index contributed by atoms with van der Waals surface area (Å²) in [6, 6.07) is 4.66. The van der Waals surface area contributed by atoms with Gasteiger partial charge in [0.15, 0.2) is 9.84 Å². The molecule has 1 aromatic carbocycles. The summed E-state index contributed by atoms with van der Waals surface area (Å²) in [4.78, 5) is 0. The summed E-state index contributed by atoms with van der Waals surface area (Å²) in [6.45, 7) is 0. The zero-order valence-corrected chi connectivity index (χ0v) is 12.7. The topological polar surface area (TPSA) is 72.2 Å². The highest BCUT2D eigenvalue weighted by Gasteiger charge is 2.33. The summed E-state index contributed by atoms with van der Waals surface area (Å²) in [6.07, 6.45) is 1.20. The highest BCUT2D eigenvalue weighted by molar-refractivity contribution is 9.10. The van der Waals surface area contributed by atoms with Crippen molar-refractivity contribution in [1.29, 1.82) is 0 Å². The van der Waals surface area contributed by atoms with Gasteiger partial charge in [-0.15, -0.1) is 0 Å². The number of nitrogens with one attached hydrogen (secondary N) is 1. The minimum Gasteiger partial charge on any atom is -0.271 e. The van der Waals surface area contributed by atoms with E-state index in [9.17, 15) is 12.8 Å². The van der Waals surface area contributed by atoms with E-state index in [1.807, 2.05) is 0 Å². The lowest BCUT2D eigenvalue weighted by Crippen LogP contribution is -2.43. The van der Waals surface area contributed by atoms with Crippen LogP contribution in [0, 0.1) is 11.7 Å². The Kier molecular flexibility index (Phi) is 4.60. The van der Waals surface area contributed by atoms with E-state index >= 15 is 0 Å². The average molecular weight is 351 g/mol. The summed E-state index contributed by atoms with van der Waals surface area (Å²) >= 11 is 3.14. The van der Waals surface area contributed by atoms with E-state index in [2.05, 4.69) is 21.4 Å². The summed E-state index contributed by atoms with van der Waals surface area (Å²) in [5.74, 6) is 5.62. The van der Waals surface area contributed by atoms with Crippen molar-refractivity contribution < 1.29 is 12.8 Å². The van der Waals surface area contributed by atoms with E-state index in [-0.39, 0.29) is 29.3 Å². The standard InChI is InChI=1S/C12H16BrFN2O2S/c13-10-5-8(1-2-11(10)14)6-12(16-15)9-3-4-19(17,18)7-9/h1-2,5,9,12,16H,3-4,6-7,15H2. The van der Waals surface area contributed by atoms with Gasteiger partial charge in [-0.2, -0.15) is 0 Å². The van der Waals surface area contributed by atoms with Gasteiger partial charge in [-0.3, -0.25) is 11.3 Å². The van der Waals surface area contributed by atoms with Crippen LogP contribution < -0.4 is 11.3 Å². The Morgan fingerprint density at radius 3 is 2.79 bits per heavy atom. The number of nitrogens with two attached hydrogens (primary N) is 1. The smallest absolute Gasteiger partial charge is 0.150 e. The lowest BCUT2D eigenvalue weighted by atomic mass is 9.93. The molecule has 2 unspecified atom stereocenters. The first kappa shape index (κ1) is 14.9. The van der Waals surface area contributed by atoms with E-state index in [4.69, 9.17) is 5.84 Å². The van der Waals surface area contributed by atoms with E-state index in [1.54, 1.807) is 12.1 Å². The van der Waals surface area contributed by atoms with Gasteiger partial charge in [0.1, 0.15) is 5.82 Å². The zero-order chi connectivity index (χ0) is 14.0. The first-order valence-corrected chi connectivity index (χ1v) is 8.63. The Balaban J connectivity index is 2.09. The second kappa shape index (κ2) is 5.87. The fourth-order valence-corrected chi connectivity index (χ4v) is 4.73. The molecule has 106 valence electrons. The second-order valence-electron chi connectivity index (χ2n) is 4.89. The monoisotopic (exact) mass is 350 g/mol. The number of halogens is 2. The Morgan fingerprint density at radius 2 is 2.26 bits per heavy atom. The quantitative estimate of drug-likeness (QED) is 0.635. The highest BCUT2D eigenvalue weighted by Crippen LogP contribution is 2.25. The SMILES string of the molecule is NNC(Cc1ccc(F)c(Br)c1)C1CCS(=O)(=O)C1. The third-order valence-corrected chi connectivity index (χ3v) is 5.89. The summed E-state index contributed by atoms with van der Waals surface area (Å²) in [7, 11) is -2.92. The van der Waals surface area contributed by atoms with E-state index in [1.165, 1.54) is 6.07 Å². The van der Waals surface area contributed by atoms with Crippen LogP contribution in [0.3, 0.4) is 0 Å². The van der Waals surface area contributed by atoms with Crippen LogP contribution in [-0.2, 0) is 16.3 Å². The zero-order valence-electron chi connectivity index (χ0n) is 10.3. The molecule has 1 aromatic rings. The average Bonchev–Trinajstić information content (AvgIpc) is 2.71. The molecular formula is C12H16BrFN2O2S. The number of hydrogen-bond donors (Lipinski definition) is 2. The van der Waals surface area contributed by atoms with Gasteiger partial charge >= 0.3 is 0 Å². The lowest BCUT2D eigenvalue weighted by molar-refractivity contribution is 0.385. The minimum atomic E-state index is -2.92. The molecule has 3 N–H and O–H groups in total. The summed E-state index contributed by atoms with van der Waals surface area (Å²) in [5.41, 5.74) is 3.61. The molecule has 2 atom stereocenters. The first-order chi connectivity index (χ1) is 8.91. The van der Waals surface area contributed by atoms with E-state index < -0.39 is 9.84 Å². The van der Waals surface area contributed by atoms with Crippen molar-refractivity contribution in [3.8, 4) is 0 Å². The molecule has 0 bridgehead atoms. The Morgan fingerprint density at radius 1 is 1.53 bits per heavy atom. The predicted octanol–water partition coefficient (Wildman–Crippen LogP) is 1.40. The molecule has 0 saturated carbocycles. The third kappa shape index (κ3) is 3.75. The molecule has 1 saturated heterocycles. The first-order valence-electron chi connectivity index (χ1n) is 6.02. The summed E-state index contributed by atoms with van der Waals surface area (Å²) < 4.78 is 36.5. The van der Waals surface area contributed by atoms with Gasteiger partial charge in [-0.25, -0.2) is 12.8 Å². The van der Waals surface area contributed by atoms with Crippen LogP contribution in [0.25, 0.3) is 0 Å². The molecule has 0 aliphatic carbocycles. The molecule has 0 radical (unpaired) electrons. The van der Waals surface area contributed by atoms with Gasteiger partial charge < -0.3 is 0 Å². The van der Waals surface area contributed by atoms with Gasteiger partial charge in [0.2, 0.25) is 0 Å². The highest BCUT2D eigenvalue weighted by atomic mass is 79.9. The molecule has 0 spiro atoms. The van der Waals surface area contributed by atoms with E-state index in [0.717, 1.165) is 5.56 Å². The van der Waals surface area contributed by atoms with Gasteiger partial charge in [-0.05, 0) is 52.4 Å². The van der Waals surface area contributed by atoms with Crippen LogP contribution >= 0.6 is 15.9 Å². The fourth-order valence-electron chi connectivity index (χ4n) is 2.42. The van der Waals surface area contributed by atoms with Gasteiger partial charge in [0.05, 0.1) is 16.0 Å². The van der Waals surface area contributed by atoms with Crippen molar-refractivity contribution in [3.63, 3.8) is 0 Å². The van der Waals surface area contributed by atoms with Crippen LogP contribution in [0.2, 0.25) is 0 Å². The number of hydrazine groups is 1. The molecule has 7 heteroatoms. The molecule has 4 nitrogen and oxygen atoms in total. The summed E-state index contributed by atoms with van der Waals surface area (Å²) in [5, 5.41) is 0. The largest absolute Gasteiger partial charge is 0.271 e. The van der Waals surface area contributed by atoms with Crippen molar-refractivity contribution in [2.45, 2.75) is 18.9 Å². The van der Waals surface area contributed by atoms with Crippen LogP contribution in [0.1, 0.15) is 12.0 Å². The van der Waals surface area contributed by atoms with Crippen LogP contribution in [0.5, 0.6) is 0 Å². The maximum Gasteiger partial charge on any atom is 0.150 e. The second-order valence-corrected chi connectivity index (χ2v) is 7.97. The van der Waals surface area contributed by atoms with Crippen LogP contribution in [-0.4, -0.2) is 26.0 Å². The van der Waals surface area contributed by atoms with Gasteiger partial charge in [0.25, 0.3) is 0 Å². The molecule has 19 heavy (non-hydrogen) atoms. The van der Waals surface area contributed by atoms with Crippen LogP contribution in [0.15, 0.2) is 22.7 Å². The van der Waals surface area contributed by atoms with Crippen molar-refractivity contribution >= 4 is 25.8 Å². The maximum atomic E-state index is 13.2. The van der Waals surface area contributed by atoms with Crippen molar-refractivity contribution in [2.75, 3.05) is 11.5 Å². The molecule has 1 fully saturated rings. The number of rotatable bonds is 4. The fraction of sp³-hybridized carbons (Fsp3) is 0.500. The number of hydrogen-bond acceptors (Lipinski definition) is 4. The van der Waals surface area contributed by atoms with Crippen molar-refractivity contribution in [2.24, 2.45) is 11.8 Å². The van der Waals surface area contributed by atoms with Crippen molar-refractivity contribution in [3.05, 3.63) is 34.1 Å². The molecule has 0 amide bonds. The molecular weight excluding hydrogens is 335 g/mol. The molecule has 2 rings (SSSR count). The molecule has 1 aliphatic heterocycles. The number of sulfone groups is 1. The number of benzene rings is 1. The molecule has 1 aliphatic rings. The Bertz CT molecular complexity index is 565. The lowest BCUT2D eigenvalue weighted by Gasteiger charge is -2.21. The Labute approximate surface area is 120 Å². The predicted molar refractivity (Wildman–Crippen MR) is 75.7 cm³/mol. The van der Waals surface area contributed by atoms with E-state index in [0.29, 0.717) is 17.3 Å². The molecule has 1 heterocycles. The minimum absolute atomic E-state index is 0.0128. The maximum absolute atomic E-state index is 13.2. The van der Waals surface area contributed by atoms with Crippen LogP contribution in [0.4, 0.5) is 4.39 Å². The van der Waals surface area contributed by atoms with Gasteiger partial charge in [0, 0.05) is 6.04 Å².